The van der Waals surface area contributed by atoms with E-state index >= 15 is 0 Å². The molecule has 0 spiro atoms. The molecule has 1 aromatic heterocycles. The average Bonchev–Trinajstić information content (AvgIpc) is 3.09. The third-order valence-corrected chi connectivity index (χ3v) is 6.02. The topological polar surface area (TPSA) is 51.0 Å². The molecule has 0 saturated carbocycles. The van der Waals surface area contributed by atoms with Crippen LogP contribution >= 0.6 is 23.4 Å². The van der Waals surface area contributed by atoms with Crippen LogP contribution in [0.15, 0.2) is 59.8 Å². The lowest BCUT2D eigenvalue weighted by Gasteiger charge is -2.30. The predicted octanol–water partition coefficient (Wildman–Crippen LogP) is 5.38. The Labute approximate surface area is 187 Å². The van der Waals surface area contributed by atoms with E-state index in [0.717, 1.165) is 11.1 Å². The average molecular weight is 443 g/mol. The number of carbonyl (C=O) groups excluding carboxylic acids is 1. The van der Waals surface area contributed by atoms with Crippen LogP contribution < -0.4 is 0 Å². The highest BCUT2D eigenvalue weighted by Gasteiger charge is 2.22. The van der Waals surface area contributed by atoms with Gasteiger partial charge in [0.15, 0.2) is 11.0 Å². The zero-order chi connectivity index (χ0) is 21.7. The highest BCUT2D eigenvalue weighted by atomic mass is 35.5. The van der Waals surface area contributed by atoms with Crippen molar-refractivity contribution in [3.63, 3.8) is 0 Å². The summed E-state index contributed by atoms with van der Waals surface area (Å²) in [5.74, 6) is 1.11. The summed E-state index contributed by atoms with van der Waals surface area (Å²) in [6.07, 6.45) is 0. The summed E-state index contributed by atoms with van der Waals surface area (Å²) in [5, 5.41) is 10.1. The maximum absolute atomic E-state index is 12.8. The van der Waals surface area contributed by atoms with Crippen LogP contribution in [0.3, 0.4) is 0 Å². The van der Waals surface area contributed by atoms with Crippen molar-refractivity contribution < 1.29 is 4.79 Å². The van der Waals surface area contributed by atoms with Gasteiger partial charge in [-0.2, -0.15) is 0 Å². The van der Waals surface area contributed by atoms with E-state index in [2.05, 4.69) is 22.3 Å². The third-order valence-electron chi connectivity index (χ3n) is 4.74. The summed E-state index contributed by atoms with van der Waals surface area (Å²) >= 11 is 7.85. The van der Waals surface area contributed by atoms with Gasteiger partial charge < -0.3 is 4.90 Å². The van der Waals surface area contributed by atoms with E-state index in [1.54, 1.807) is 0 Å². The number of thioether (sulfide) groups is 1. The first-order valence-electron chi connectivity index (χ1n) is 10.0. The minimum absolute atomic E-state index is 0.0959. The standard InChI is InChI=1S/C23H27ClN4OS/c1-16(2)28(17(3)4)21(29)15-30-23-26-25-22(19-12-8-9-13-20(19)24)27(23)14-18-10-6-5-7-11-18/h5-13,16-17H,14-15H2,1-4H3. The molecule has 0 saturated heterocycles. The molecule has 3 aromatic rings. The molecule has 0 fully saturated rings. The van der Waals surface area contributed by atoms with Crippen LogP contribution in [0.5, 0.6) is 0 Å². The van der Waals surface area contributed by atoms with Crippen molar-refractivity contribution in [2.45, 2.75) is 51.5 Å². The molecule has 7 heteroatoms. The fourth-order valence-corrected chi connectivity index (χ4v) is 4.55. The van der Waals surface area contributed by atoms with Crippen LogP contribution in [-0.2, 0) is 11.3 Å². The lowest BCUT2D eigenvalue weighted by Crippen LogP contribution is -2.43. The first kappa shape index (κ1) is 22.4. The van der Waals surface area contributed by atoms with Crippen molar-refractivity contribution in [3.05, 3.63) is 65.2 Å². The lowest BCUT2D eigenvalue weighted by molar-refractivity contribution is -0.131. The minimum Gasteiger partial charge on any atom is -0.337 e. The van der Waals surface area contributed by atoms with E-state index in [1.807, 2.05) is 79.6 Å². The zero-order valence-corrected chi connectivity index (χ0v) is 19.3. The van der Waals surface area contributed by atoms with Crippen molar-refractivity contribution in [2.24, 2.45) is 0 Å². The largest absolute Gasteiger partial charge is 0.337 e. The maximum atomic E-state index is 12.8. The van der Waals surface area contributed by atoms with Gasteiger partial charge in [0.1, 0.15) is 0 Å². The third kappa shape index (κ3) is 5.24. The Morgan fingerprint density at radius 1 is 1.00 bits per heavy atom. The predicted molar refractivity (Wildman–Crippen MR) is 124 cm³/mol. The lowest BCUT2D eigenvalue weighted by atomic mass is 10.2. The molecule has 2 aromatic carbocycles. The van der Waals surface area contributed by atoms with E-state index in [4.69, 9.17) is 11.6 Å². The van der Waals surface area contributed by atoms with Gasteiger partial charge in [0, 0.05) is 17.6 Å². The molecule has 0 aliphatic heterocycles. The van der Waals surface area contributed by atoms with E-state index in [1.165, 1.54) is 11.8 Å². The van der Waals surface area contributed by atoms with Gasteiger partial charge in [0.25, 0.3) is 0 Å². The van der Waals surface area contributed by atoms with E-state index in [9.17, 15) is 4.79 Å². The number of carbonyl (C=O) groups is 1. The van der Waals surface area contributed by atoms with Crippen molar-refractivity contribution >= 4 is 29.3 Å². The molecule has 3 rings (SSSR count). The molecule has 1 amide bonds. The summed E-state index contributed by atoms with van der Waals surface area (Å²) in [5.41, 5.74) is 1.96. The summed E-state index contributed by atoms with van der Waals surface area (Å²) in [4.78, 5) is 14.7. The van der Waals surface area contributed by atoms with E-state index in [0.29, 0.717) is 28.3 Å². The molecule has 158 valence electrons. The second kappa shape index (κ2) is 10.1. The molecular formula is C23H27ClN4OS. The summed E-state index contributed by atoms with van der Waals surface area (Å²) in [7, 11) is 0. The molecular weight excluding hydrogens is 416 g/mol. The Balaban J connectivity index is 1.91. The first-order valence-corrected chi connectivity index (χ1v) is 11.4. The molecule has 0 unspecified atom stereocenters. The fraction of sp³-hybridized carbons (Fsp3) is 0.348. The summed E-state index contributed by atoms with van der Waals surface area (Å²) < 4.78 is 2.03. The number of nitrogens with zero attached hydrogens (tertiary/aromatic N) is 4. The van der Waals surface area contributed by atoms with Gasteiger partial charge in [-0.25, -0.2) is 0 Å². The molecule has 0 N–H and O–H groups in total. The van der Waals surface area contributed by atoms with E-state index in [-0.39, 0.29) is 18.0 Å². The van der Waals surface area contributed by atoms with Crippen molar-refractivity contribution in [3.8, 4) is 11.4 Å². The Hall–Kier alpha value is -2.31. The highest BCUT2D eigenvalue weighted by molar-refractivity contribution is 7.99. The molecule has 0 bridgehead atoms. The highest BCUT2D eigenvalue weighted by Crippen LogP contribution is 2.30. The van der Waals surface area contributed by atoms with Crippen LogP contribution in [0, 0.1) is 0 Å². The number of halogens is 1. The van der Waals surface area contributed by atoms with Gasteiger partial charge in [-0.3, -0.25) is 9.36 Å². The molecule has 30 heavy (non-hydrogen) atoms. The Morgan fingerprint density at radius 2 is 1.63 bits per heavy atom. The molecule has 1 heterocycles. The van der Waals surface area contributed by atoms with Gasteiger partial charge >= 0.3 is 0 Å². The molecule has 0 atom stereocenters. The SMILES string of the molecule is CC(C)N(C(=O)CSc1nnc(-c2ccccc2Cl)n1Cc1ccccc1)C(C)C. The molecule has 0 aliphatic rings. The van der Waals surface area contributed by atoms with Gasteiger partial charge in [0.05, 0.1) is 17.3 Å². The number of benzene rings is 2. The molecule has 0 aliphatic carbocycles. The molecule has 5 nitrogen and oxygen atoms in total. The monoisotopic (exact) mass is 442 g/mol. The van der Waals surface area contributed by atoms with Crippen LogP contribution in [0.2, 0.25) is 5.02 Å². The quantitative estimate of drug-likeness (QED) is 0.439. The van der Waals surface area contributed by atoms with Crippen LogP contribution in [-0.4, -0.2) is 43.4 Å². The second-order valence-corrected chi connectivity index (χ2v) is 8.98. The van der Waals surface area contributed by atoms with Crippen LogP contribution in [0.25, 0.3) is 11.4 Å². The number of hydrogen-bond acceptors (Lipinski definition) is 4. The molecule has 0 radical (unpaired) electrons. The zero-order valence-electron chi connectivity index (χ0n) is 17.7. The summed E-state index contributed by atoms with van der Waals surface area (Å²) in [6.45, 7) is 8.75. The second-order valence-electron chi connectivity index (χ2n) is 7.63. The van der Waals surface area contributed by atoms with Gasteiger partial charge in [-0.05, 0) is 45.4 Å². The Kier molecular flexibility index (Phi) is 7.56. The summed E-state index contributed by atoms with van der Waals surface area (Å²) in [6, 6.07) is 18.0. The van der Waals surface area contributed by atoms with E-state index < -0.39 is 0 Å². The fourth-order valence-electron chi connectivity index (χ4n) is 3.52. The Bertz CT molecular complexity index is 980. The smallest absolute Gasteiger partial charge is 0.233 e. The van der Waals surface area contributed by atoms with Gasteiger partial charge in [0.2, 0.25) is 5.91 Å². The normalized spacial score (nSPS) is 11.3. The number of aromatic nitrogens is 3. The van der Waals surface area contributed by atoms with Crippen molar-refractivity contribution in [1.82, 2.24) is 19.7 Å². The van der Waals surface area contributed by atoms with Crippen molar-refractivity contribution in [2.75, 3.05) is 5.75 Å². The van der Waals surface area contributed by atoms with Gasteiger partial charge in [-0.15, -0.1) is 10.2 Å². The number of hydrogen-bond donors (Lipinski definition) is 0. The number of rotatable bonds is 8. The Morgan fingerprint density at radius 3 is 2.27 bits per heavy atom. The first-order chi connectivity index (χ1) is 14.4. The van der Waals surface area contributed by atoms with Gasteiger partial charge in [-0.1, -0.05) is 65.8 Å². The van der Waals surface area contributed by atoms with Crippen LogP contribution in [0.1, 0.15) is 33.3 Å². The maximum Gasteiger partial charge on any atom is 0.233 e. The number of amides is 1. The van der Waals surface area contributed by atoms with Crippen molar-refractivity contribution in [1.29, 1.82) is 0 Å². The minimum atomic E-state index is 0.0959. The van der Waals surface area contributed by atoms with Crippen LogP contribution in [0.4, 0.5) is 0 Å².